The summed E-state index contributed by atoms with van der Waals surface area (Å²) in [4.78, 5) is 27.9. The first-order chi connectivity index (χ1) is 20.9. The number of ether oxygens (including phenoxy) is 3. The molecule has 0 radical (unpaired) electrons. The molecule has 0 aliphatic carbocycles. The SMILES string of the molecule is CCCCC/C=C\C/C=C\CCCCCCCC(=O)OC(C)OC(=O)n1cc(C[C@H]2CCCN2C)c2cc(OC)ccc21. The maximum Gasteiger partial charge on any atom is 0.421 e. The highest BCUT2D eigenvalue weighted by molar-refractivity contribution is 5.93. The summed E-state index contributed by atoms with van der Waals surface area (Å²) in [6, 6.07) is 6.12. The topological polar surface area (TPSA) is 70.0 Å². The summed E-state index contributed by atoms with van der Waals surface area (Å²) in [6.07, 6.45) is 25.4. The average Bonchev–Trinajstić information content (AvgIpc) is 3.57. The lowest BCUT2D eigenvalue weighted by atomic mass is 10.0. The first-order valence-electron chi connectivity index (χ1n) is 16.5. The van der Waals surface area contributed by atoms with Crippen LogP contribution >= 0.6 is 0 Å². The van der Waals surface area contributed by atoms with Crippen LogP contribution in [0, 0.1) is 0 Å². The number of unbranched alkanes of at least 4 members (excludes halogenated alkanes) is 8. The average molecular weight is 595 g/mol. The molecule has 2 aromatic rings. The van der Waals surface area contributed by atoms with E-state index in [1.54, 1.807) is 14.0 Å². The summed E-state index contributed by atoms with van der Waals surface area (Å²) in [6.45, 7) is 4.92. The van der Waals surface area contributed by atoms with Gasteiger partial charge >= 0.3 is 12.1 Å². The van der Waals surface area contributed by atoms with Crippen LogP contribution in [0.15, 0.2) is 48.7 Å². The van der Waals surface area contributed by atoms with Crippen LogP contribution in [0.5, 0.6) is 5.75 Å². The van der Waals surface area contributed by atoms with E-state index in [2.05, 4.69) is 43.2 Å². The number of hydrogen-bond acceptors (Lipinski definition) is 6. The summed E-state index contributed by atoms with van der Waals surface area (Å²) >= 11 is 0. The van der Waals surface area contributed by atoms with Crippen LogP contribution < -0.4 is 4.74 Å². The number of hydrogen-bond donors (Lipinski definition) is 0. The number of fused-ring (bicyclic) bond motifs is 1. The predicted molar refractivity (Wildman–Crippen MR) is 175 cm³/mol. The molecule has 1 saturated heterocycles. The van der Waals surface area contributed by atoms with E-state index < -0.39 is 12.4 Å². The van der Waals surface area contributed by atoms with Crippen molar-refractivity contribution in [3.05, 3.63) is 54.3 Å². The number of carbonyl (C=O) groups excluding carboxylic acids is 2. The fraction of sp³-hybridized carbons (Fsp3) is 0.611. The maximum absolute atomic E-state index is 13.1. The second-order valence-electron chi connectivity index (χ2n) is 11.8. The highest BCUT2D eigenvalue weighted by Gasteiger charge is 2.25. The van der Waals surface area contributed by atoms with Crippen molar-refractivity contribution in [3.8, 4) is 5.75 Å². The summed E-state index contributed by atoms with van der Waals surface area (Å²) in [5.74, 6) is 0.410. The van der Waals surface area contributed by atoms with E-state index in [9.17, 15) is 9.59 Å². The second-order valence-corrected chi connectivity index (χ2v) is 11.8. The van der Waals surface area contributed by atoms with E-state index in [1.165, 1.54) is 43.1 Å². The highest BCUT2D eigenvalue weighted by Crippen LogP contribution is 2.30. The van der Waals surface area contributed by atoms with Gasteiger partial charge in [-0.05, 0) is 95.1 Å². The van der Waals surface area contributed by atoms with Gasteiger partial charge < -0.3 is 19.1 Å². The van der Waals surface area contributed by atoms with Gasteiger partial charge in [0.25, 0.3) is 0 Å². The lowest BCUT2D eigenvalue weighted by molar-refractivity contribution is -0.164. The molecule has 1 aromatic carbocycles. The standard InChI is InChI=1S/C36H54N2O5/c1-5-6-7-8-9-10-11-12-13-14-15-16-17-18-19-22-35(39)42-29(2)43-36(40)38-28-30(26-31-21-20-25-37(31)3)33-27-32(41-4)23-24-34(33)38/h9-10,12-13,23-24,27-29,31H,5-8,11,14-22,25-26H2,1-4H3/b10-9-,13-12-/t29?,31-/m1/s1. The third-order valence-corrected chi connectivity index (χ3v) is 8.31. The molecule has 0 saturated carbocycles. The number of likely N-dealkylation sites (tertiary alicyclic amines) is 1. The number of rotatable bonds is 19. The van der Waals surface area contributed by atoms with Crippen molar-refractivity contribution in [1.29, 1.82) is 0 Å². The van der Waals surface area contributed by atoms with Gasteiger partial charge in [-0.25, -0.2) is 4.79 Å². The van der Waals surface area contributed by atoms with E-state index >= 15 is 0 Å². The number of methoxy groups -OCH3 is 1. The number of nitrogens with zero attached hydrogens (tertiary/aromatic N) is 2. The van der Waals surface area contributed by atoms with E-state index in [0.717, 1.165) is 80.1 Å². The molecule has 238 valence electrons. The van der Waals surface area contributed by atoms with Gasteiger partial charge in [-0.15, -0.1) is 0 Å². The molecular formula is C36H54N2O5. The van der Waals surface area contributed by atoms with Crippen molar-refractivity contribution in [2.45, 2.75) is 122 Å². The molecule has 3 rings (SSSR count). The molecular weight excluding hydrogens is 540 g/mol. The summed E-state index contributed by atoms with van der Waals surface area (Å²) in [5, 5.41) is 0.975. The second kappa shape index (κ2) is 19.3. The van der Waals surface area contributed by atoms with E-state index in [4.69, 9.17) is 14.2 Å². The summed E-state index contributed by atoms with van der Waals surface area (Å²) in [5.41, 5.74) is 1.83. The van der Waals surface area contributed by atoms with Crippen molar-refractivity contribution in [2.75, 3.05) is 20.7 Å². The zero-order valence-electron chi connectivity index (χ0n) is 27.0. The molecule has 1 fully saturated rings. The molecule has 2 atom stereocenters. The smallest absolute Gasteiger partial charge is 0.421 e. The minimum Gasteiger partial charge on any atom is -0.497 e. The van der Waals surface area contributed by atoms with Gasteiger partial charge in [0.15, 0.2) is 0 Å². The molecule has 7 heteroatoms. The Morgan fingerprint density at radius 2 is 1.70 bits per heavy atom. The van der Waals surface area contributed by atoms with Gasteiger partial charge in [0.2, 0.25) is 6.29 Å². The van der Waals surface area contributed by atoms with Crippen LogP contribution in [0.2, 0.25) is 0 Å². The minimum atomic E-state index is -0.960. The van der Waals surface area contributed by atoms with Crippen LogP contribution in [0.3, 0.4) is 0 Å². The number of likely N-dealkylation sites (N-methyl/N-ethyl adjacent to an activating group) is 1. The minimum absolute atomic E-state index is 0.331. The molecule has 1 aliphatic rings. The van der Waals surface area contributed by atoms with Gasteiger partial charge in [-0.1, -0.05) is 63.3 Å². The highest BCUT2D eigenvalue weighted by atomic mass is 16.7. The third kappa shape index (κ3) is 11.9. The zero-order chi connectivity index (χ0) is 30.9. The van der Waals surface area contributed by atoms with Crippen LogP contribution in [0.25, 0.3) is 10.9 Å². The number of carbonyl (C=O) groups is 2. The number of allylic oxidation sites excluding steroid dienone is 4. The van der Waals surface area contributed by atoms with Crippen LogP contribution in [-0.4, -0.2) is 54.6 Å². The van der Waals surface area contributed by atoms with Crippen LogP contribution in [-0.2, 0) is 20.7 Å². The number of benzene rings is 1. The van der Waals surface area contributed by atoms with Crippen molar-refractivity contribution in [2.24, 2.45) is 0 Å². The molecule has 7 nitrogen and oxygen atoms in total. The van der Waals surface area contributed by atoms with Crippen molar-refractivity contribution >= 4 is 23.0 Å². The molecule has 43 heavy (non-hydrogen) atoms. The fourth-order valence-corrected chi connectivity index (χ4v) is 5.76. The van der Waals surface area contributed by atoms with Crippen molar-refractivity contribution in [3.63, 3.8) is 0 Å². The summed E-state index contributed by atoms with van der Waals surface area (Å²) < 4.78 is 17.9. The molecule has 2 heterocycles. The predicted octanol–water partition coefficient (Wildman–Crippen LogP) is 8.97. The first-order valence-corrected chi connectivity index (χ1v) is 16.5. The molecule has 1 aliphatic heterocycles. The third-order valence-electron chi connectivity index (χ3n) is 8.31. The fourth-order valence-electron chi connectivity index (χ4n) is 5.76. The van der Waals surface area contributed by atoms with E-state index in [1.807, 2.05) is 24.4 Å². The van der Waals surface area contributed by atoms with Gasteiger partial charge in [0.05, 0.1) is 12.6 Å². The first kappa shape index (κ1) is 34.4. The Labute approximate surface area is 259 Å². The van der Waals surface area contributed by atoms with E-state index in [-0.39, 0.29) is 5.97 Å². The van der Waals surface area contributed by atoms with Gasteiger partial charge in [-0.2, -0.15) is 0 Å². The lowest BCUT2D eigenvalue weighted by Gasteiger charge is -2.18. The molecule has 1 aromatic heterocycles. The van der Waals surface area contributed by atoms with Gasteiger partial charge in [0, 0.05) is 31.0 Å². The Morgan fingerprint density at radius 3 is 2.40 bits per heavy atom. The monoisotopic (exact) mass is 594 g/mol. The molecule has 0 N–H and O–H groups in total. The van der Waals surface area contributed by atoms with Crippen molar-refractivity contribution < 1.29 is 23.8 Å². The Morgan fingerprint density at radius 1 is 0.977 bits per heavy atom. The quantitative estimate of drug-likeness (QED) is 0.0700. The van der Waals surface area contributed by atoms with Crippen LogP contribution in [0.1, 0.15) is 109 Å². The Balaban J connectivity index is 1.35. The number of aromatic nitrogens is 1. The lowest BCUT2D eigenvalue weighted by Crippen LogP contribution is -2.26. The molecule has 1 unspecified atom stereocenters. The molecule has 0 bridgehead atoms. The Bertz CT molecular complexity index is 1180. The zero-order valence-corrected chi connectivity index (χ0v) is 27.0. The van der Waals surface area contributed by atoms with Crippen molar-refractivity contribution in [1.82, 2.24) is 9.47 Å². The van der Waals surface area contributed by atoms with Crippen LogP contribution in [0.4, 0.5) is 4.79 Å². The molecule has 0 amide bonds. The largest absolute Gasteiger partial charge is 0.497 e. The Hall–Kier alpha value is -3.06. The molecule has 0 spiro atoms. The van der Waals surface area contributed by atoms with Gasteiger partial charge in [-0.3, -0.25) is 9.36 Å². The number of esters is 1. The van der Waals surface area contributed by atoms with E-state index in [0.29, 0.717) is 12.5 Å². The van der Waals surface area contributed by atoms with Gasteiger partial charge in [0.1, 0.15) is 5.75 Å². The summed E-state index contributed by atoms with van der Waals surface area (Å²) in [7, 11) is 3.79. The Kier molecular flexibility index (Phi) is 15.4. The maximum atomic E-state index is 13.1. The normalized spacial score (nSPS) is 16.4.